The number of hydrogen-bond acceptors (Lipinski definition) is 3. The van der Waals surface area contributed by atoms with Crippen molar-refractivity contribution in [2.45, 2.75) is 45.7 Å². The number of anilines is 1. The number of carboxylic acid groups (broad SMARTS) is 1. The average molecular weight is 318 g/mol. The minimum Gasteiger partial charge on any atom is -0.481 e. The molecule has 124 valence electrons. The van der Waals surface area contributed by atoms with Gasteiger partial charge in [-0.15, -0.1) is 0 Å². The topological polar surface area (TPSA) is 86.7 Å². The molecule has 1 aliphatic heterocycles. The van der Waals surface area contributed by atoms with Crippen molar-refractivity contribution in [3.05, 3.63) is 30.3 Å². The molecule has 0 bridgehead atoms. The second-order valence-electron chi connectivity index (χ2n) is 6.61. The normalized spacial score (nSPS) is 21.3. The van der Waals surface area contributed by atoms with Crippen molar-refractivity contribution >= 4 is 23.5 Å². The zero-order chi connectivity index (χ0) is 17.2. The second-order valence-corrected chi connectivity index (χ2v) is 6.61. The number of nitrogens with zero attached hydrogens (tertiary/aromatic N) is 1. The minimum atomic E-state index is -1.16. The molecule has 1 saturated heterocycles. The van der Waals surface area contributed by atoms with Crippen LogP contribution in [-0.4, -0.2) is 35.0 Å². The van der Waals surface area contributed by atoms with Crippen LogP contribution in [0.3, 0.4) is 0 Å². The SMILES string of the molecule is CC1CC(NC(=O)CC(C)(C)C(=O)O)C(=O)N1c1ccccc1. The quantitative estimate of drug-likeness (QED) is 0.866. The van der Waals surface area contributed by atoms with Crippen molar-refractivity contribution in [3.8, 4) is 0 Å². The van der Waals surface area contributed by atoms with Crippen molar-refractivity contribution in [2.24, 2.45) is 5.41 Å². The lowest BCUT2D eigenvalue weighted by Gasteiger charge is -2.22. The molecule has 0 aromatic heterocycles. The summed E-state index contributed by atoms with van der Waals surface area (Å²) in [5.74, 6) is -1.62. The van der Waals surface area contributed by atoms with Gasteiger partial charge in [-0.05, 0) is 39.3 Å². The van der Waals surface area contributed by atoms with Crippen LogP contribution in [0, 0.1) is 5.41 Å². The summed E-state index contributed by atoms with van der Waals surface area (Å²) in [6, 6.07) is 8.66. The first-order valence-electron chi connectivity index (χ1n) is 7.63. The molecule has 1 aliphatic rings. The molecule has 1 aromatic carbocycles. The first kappa shape index (κ1) is 17.0. The largest absolute Gasteiger partial charge is 0.481 e. The zero-order valence-electron chi connectivity index (χ0n) is 13.6. The lowest BCUT2D eigenvalue weighted by atomic mass is 9.89. The van der Waals surface area contributed by atoms with E-state index in [0.717, 1.165) is 5.69 Å². The van der Waals surface area contributed by atoms with Crippen LogP contribution in [0.15, 0.2) is 30.3 Å². The highest BCUT2D eigenvalue weighted by Gasteiger charge is 2.39. The van der Waals surface area contributed by atoms with Crippen LogP contribution < -0.4 is 10.2 Å². The Morgan fingerprint density at radius 2 is 1.91 bits per heavy atom. The van der Waals surface area contributed by atoms with E-state index >= 15 is 0 Å². The lowest BCUT2D eigenvalue weighted by Crippen LogP contribution is -2.43. The van der Waals surface area contributed by atoms with Gasteiger partial charge in [-0.1, -0.05) is 18.2 Å². The molecule has 0 saturated carbocycles. The lowest BCUT2D eigenvalue weighted by molar-refractivity contribution is -0.149. The maximum Gasteiger partial charge on any atom is 0.309 e. The van der Waals surface area contributed by atoms with E-state index in [4.69, 9.17) is 5.11 Å². The van der Waals surface area contributed by atoms with E-state index in [-0.39, 0.29) is 18.4 Å². The van der Waals surface area contributed by atoms with Crippen molar-refractivity contribution in [2.75, 3.05) is 4.90 Å². The van der Waals surface area contributed by atoms with Gasteiger partial charge in [0.25, 0.3) is 0 Å². The molecule has 23 heavy (non-hydrogen) atoms. The first-order valence-corrected chi connectivity index (χ1v) is 7.63. The van der Waals surface area contributed by atoms with Gasteiger partial charge in [-0.2, -0.15) is 0 Å². The Morgan fingerprint density at radius 1 is 1.30 bits per heavy atom. The highest BCUT2D eigenvalue weighted by Crippen LogP contribution is 2.27. The number of carbonyl (C=O) groups is 3. The Bertz CT molecular complexity index is 612. The van der Waals surface area contributed by atoms with Crippen LogP contribution in [0.5, 0.6) is 0 Å². The molecule has 2 rings (SSSR count). The maximum absolute atomic E-state index is 12.5. The molecule has 2 N–H and O–H groups in total. The van der Waals surface area contributed by atoms with Gasteiger partial charge in [0.1, 0.15) is 6.04 Å². The van der Waals surface area contributed by atoms with Gasteiger partial charge in [-0.25, -0.2) is 0 Å². The fraction of sp³-hybridized carbons (Fsp3) is 0.471. The molecule has 6 heteroatoms. The van der Waals surface area contributed by atoms with Gasteiger partial charge in [0.2, 0.25) is 11.8 Å². The standard InChI is InChI=1S/C17H22N2O4/c1-11-9-13(18-14(20)10-17(2,3)16(22)23)15(21)19(11)12-7-5-4-6-8-12/h4-8,11,13H,9-10H2,1-3H3,(H,18,20)(H,22,23). The van der Waals surface area contributed by atoms with Crippen molar-refractivity contribution < 1.29 is 19.5 Å². The molecule has 2 atom stereocenters. The Kier molecular flexibility index (Phi) is 4.73. The van der Waals surface area contributed by atoms with Crippen molar-refractivity contribution in [1.29, 1.82) is 0 Å². The molecular formula is C17H22N2O4. The van der Waals surface area contributed by atoms with Gasteiger partial charge >= 0.3 is 5.97 Å². The summed E-state index contributed by atoms with van der Waals surface area (Å²) < 4.78 is 0. The number of benzene rings is 1. The predicted molar refractivity (Wildman–Crippen MR) is 86.0 cm³/mol. The van der Waals surface area contributed by atoms with Gasteiger partial charge in [0.05, 0.1) is 5.41 Å². The number of carboxylic acids is 1. The Labute approximate surface area is 135 Å². The molecule has 0 aliphatic carbocycles. The fourth-order valence-corrected chi connectivity index (χ4v) is 2.75. The van der Waals surface area contributed by atoms with Crippen LogP contribution in [0.2, 0.25) is 0 Å². The van der Waals surface area contributed by atoms with Crippen molar-refractivity contribution in [3.63, 3.8) is 0 Å². The number of rotatable bonds is 5. The van der Waals surface area contributed by atoms with Gasteiger partial charge in [0, 0.05) is 18.2 Å². The summed E-state index contributed by atoms with van der Waals surface area (Å²) in [6.45, 7) is 4.91. The summed E-state index contributed by atoms with van der Waals surface area (Å²) in [4.78, 5) is 37.4. The summed E-state index contributed by atoms with van der Waals surface area (Å²) in [7, 11) is 0. The first-order chi connectivity index (χ1) is 10.7. The molecule has 2 amide bonds. The summed E-state index contributed by atoms with van der Waals surface area (Å²) in [5.41, 5.74) is -0.358. The molecule has 1 heterocycles. The fourth-order valence-electron chi connectivity index (χ4n) is 2.75. The van der Waals surface area contributed by atoms with Gasteiger partial charge < -0.3 is 15.3 Å². The maximum atomic E-state index is 12.5. The minimum absolute atomic E-state index is 0.0253. The smallest absolute Gasteiger partial charge is 0.309 e. The van der Waals surface area contributed by atoms with E-state index < -0.39 is 23.3 Å². The average Bonchev–Trinajstić information content (AvgIpc) is 2.73. The van der Waals surface area contributed by atoms with Gasteiger partial charge in [-0.3, -0.25) is 14.4 Å². The highest BCUT2D eigenvalue weighted by molar-refractivity contribution is 6.02. The number of hydrogen-bond donors (Lipinski definition) is 2. The Morgan fingerprint density at radius 3 is 2.48 bits per heavy atom. The van der Waals surface area contributed by atoms with Crippen LogP contribution in [0.25, 0.3) is 0 Å². The zero-order valence-corrected chi connectivity index (χ0v) is 13.6. The number of carbonyl (C=O) groups excluding carboxylic acids is 2. The van der Waals surface area contributed by atoms with E-state index in [1.165, 1.54) is 13.8 Å². The monoisotopic (exact) mass is 318 g/mol. The van der Waals surface area contributed by atoms with Crippen molar-refractivity contribution in [1.82, 2.24) is 5.32 Å². The van der Waals surface area contributed by atoms with Crippen LogP contribution >= 0.6 is 0 Å². The van der Waals surface area contributed by atoms with Gasteiger partial charge in [0.15, 0.2) is 0 Å². The van der Waals surface area contributed by atoms with E-state index in [1.807, 2.05) is 37.3 Å². The van der Waals surface area contributed by atoms with Crippen LogP contribution in [0.1, 0.15) is 33.6 Å². The Hall–Kier alpha value is -2.37. The highest BCUT2D eigenvalue weighted by atomic mass is 16.4. The number of para-hydroxylation sites is 1. The third-order valence-corrected chi connectivity index (χ3v) is 4.10. The van der Waals surface area contributed by atoms with Crippen LogP contribution in [0.4, 0.5) is 5.69 Å². The molecule has 2 unspecified atom stereocenters. The Balaban J connectivity index is 2.04. The summed E-state index contributed by atoms with van der Waals surface area (Å²) in [6.07, 6.45) is 0.346. The second kappa shape index (κ2) is 6.40. The number of aliphatic carboxylic acids is 1. The third-order valence-electron chi connectivity index (χ3n) is 4.10. The molecule has 1 fully saturated rings. The number of nitrogens with one attached hydrogen (secondary N) is 1. The van der Waals surface area contributed by atoms with E-state index in [9.17, 15) is 14.4 Å². The number of amides is 2. The van der Waals surface area contributed by atoms with E-state index in [2.05, 4.69) is 5.32 Å². The molecule has 0 spiro atoms. The summed E-state index contributed by atoms with van der Waals surface area (Å²) >= 11 is 0. The molecule has 0 radical (unpaired) electrons. The molecular weight excluding hydrogens is 296 g/mol. The summed E-state index contributed by atoms with van der Waals surface area (Å²) in [5, 5.41) is 11.8. The molecule has 1 aromatic rings. The third kappa shape index (κ3) is 3.70. The molecule has 6 nitrogen and oxygen atoms in total. The predicted octanol–water partition coefficient (Wildman–Crippen LogP) is 1.80. The van der Waals surface area contributed by atoms with Crippen LogP contribution in [-0.2, 0) is 14.4 Å². The van der Waals surface area contributed by atoms with E-state index in [0.29, 0.717) is 6.42 Å². The van der Waals surface area contributed by atoms with E-state index in [1.54, 1.807) is 4.90 Å².